The third-order valence-electron chi connectivity index (χ3n) is 6.67. The van der Waals surface area contributed by atoms with Crippen LogP contribution in [0, 0.1) is 11.7 Å². The summed E-state index contributed by atoms with van der Waals surface area (Å²) in [7, 11) is 0. The van der Waals surface area contributed by atoms with Gasteiger partial charge in [0.1, 0.15) is 30.5 Å². The van der Waals surface area contributed by atoms with E-state index in [2.05, 4.69) is 23.8 Å². The van der Waals surface area contributed by atoms with Crippen LogP contribution in [-0.4, -0.2) is 40.9 Å². The highest BCUT2D eigenvalue weighted by molar-refractivity contribution is 6.34. The van der Waals surface area contributed by atoms with Crippen LogP contribution < -0.4 is 9.47 Å². The maximum atomic E-state index is 15.0. The molecule has 5 nitrogen and oxygen atoms in total. The van der Waals surface area contributed by atoms with Gasteiger partial charge in [-0.05, 0) is 61.2 Å². The lowest BCUT2D eigenvalue weighted by Crippen LogP contribution is -2.29. The summed E-state index contributed by atoms with van der Waals surface area (Å²) in [6.45, 7) is 8.95. The van der Waals surface area contributed by atoms with Crippen molar-refractivity contribution in [2.45, 2.75) is 52.7 Å². The minimum Gasteiger partial charge on any atom is -0.489 e. The lowest BCUT2D eigenvalue weighted by atomic mass is 10.1. The number of hydrogen-bond acceptors (Lipinski definition) is 4. The Morgan fingerprint density at radius 1 is 1.11 bits per heavy atom. The van der Waals surface area contributed by atoms with Crippen LogP contribution in [0.2, 0.25) is 5.15 Å². The third kappa shape index (κ3) is 5.65. The normalized spacial score (nSPS) is 16.7. The fraction of sp³-hybridized carbons (Fsp3) is 0.464. The standard InChI is InChI=1S/C28H33ClFN3O2/c1-19(2)15-33-26-8-7-20(11-24(26)28(29)31-33)17-34-22-13-25(30)23-12-21(18-35-27(23)14-22)16-32-9-5-3-4-6-10-32/h7-8,11-14,19H,3-6,9-10,15-18H2,1-2H3. The zero-order chi connectivity index (χ0) is 24.4. The molecule has 0 radical (unpaired) electrons. The van der Waals surface area contributed by atoms with Gasteiger partial charge in [0.15, 0.2) is 5.15 Å². The molecule has 2 aliphatic rings. The van der Waals surface area contributed by atoms with Crippen LogP contribution in [0.5, 0.6) is 11.5 Å². The highest BCUT2D eigenvalue weighted by Gasteiger charge is 2.20. The van der Waals surface area contributed by atoms with E-state index in [0.29, 0.717) is 41.3 Å². The Morgan fingerprint density at radius 3 is 2.69 bits per heavy atom. The van der Waals surface area contributed by atoms with Gasteiger partial charge in [0.2, 0.25) is 0 Å². The number of rotatable bonds is 7. The predicted octanol–water partition coefficient (Wildman–Crippen LogP) is 6.72. The monoisotopic (exact) mass is 497 g/mol. The molecule has 0 bridgehead atoms. The molecule has 35 heavy (non-hydrogen) atoms. The molecule has 0 unspecified atom stereocenters. The van der Waals surface area contributed by atoms with Gasteiger partial charge in [0, 0.05) is 30.6 Å². The molecule has 1 saturated heterocycles. The van der Waals surface area contributed by atoms with E-state index in [9.17, 15) is 4.39 Å². The Balaban J connectivity index is 1.27. The molecule has 7 heteroatoms. The molecule has 2 aliphatic heterocycles. The van der Waals surface area contributed by atoms with Gasteiger partial charge in [-0.2, -0.15) is 5.10 Å². The van der Waals surface area contributed by atoms with Crippen molar-refractivity contribution in [1.82, 2.24) is 14.7 Å². The van der Waals surface area contributed by atoms with Crippen LogP contribution in [0.25, 0.3) is 17.0 Å². The van der Waals surface area contributed by atoms with E-state index in [0.717, 1.165) is 48.2 Å². The van der Waals surface area contributed by atoms with Crippen molar-refractivity contribution in [1.29, 1.82) is 0 Å². The largest absolute Gasteiger partial charge is 0.489 e. The molecular weight excluding hydrogens is 465 g/mol. The molecule has 1 aromatic heterocycles. The summed E-state index contributed by atoms with van der Waals surface area (Å²) in [6, 6.07) is 9.23. The van der Waals surface area contributed by atoms with Crippen molar-refractivity contribution >= 4 is 28.6 Å². The number of halogens is 2. The molecule has 2 aromatic carbocycles. The van der Waals surface area contributed by atoms with Gasteiger partial charge in [-0.1, -0.05) is 44.4 Å². The summed E-state index contributed by atoms with van der Waals surface area (Å²) in [5.41, 5.74) is 3.58. The van der Waals surface area contributed by atoms with E-state index in [1.165, 1.54) is 31.7 Å². The summed E-state index contributed by atoms with van der Waals surface area (Å²) in [6.07, 6.45) is 7.02. The molecule has 0 aliphatic carbocycles. The SMILES string of the molecule is CC(C)Cn1nc(Cl)c2cc(COc3cc(F)c4c(c3)OCC(CN3CCCCCC3)=C4)ccc21. The van der Waals surface area contributed by atoms with Crippen LogP contribution in [0.4, 0.5) is 4.39 Å². The second-order valence-corrected chi connectivity index (χ2v) is 10.5. The minimum atomic E-state index is -0.320. The number of likely N-dealkylation sites (tertiary alicyclic amines) is 1. The number of fused-ring (bicyclic) bond motifs is 2. The van der Waals surface area contributed by atoms with Gasteiger partial charge >= 0.3 is 0 Å². The topological polar surface area (TPSA) is 39.5 Å². The van der Waals surface area contributed by atoms with Gasteiger partial charge in [-0.25, -0.2) is 4.39 Å². The minimum absolute atomic E-state index is 0.301. The smallest absolute Gasteiger partial charge is 0.158 e. The third-order valence-corrected chi connectivity index (χ3v) is 6.94. The van der Waals surface area contributed by atoms with E-state index in [1.54, 1.807) is 6.07 Å². The van der Waals surface area contributed by atoms with Crippen LogP contribution >= 0.6 is 11.6 Å². The lowest BCUT2D eigenvalue weighted by molar-refractivity contribution is 0.276. The Morgan fingerprint density at radius 2 is 1.91 bits per heavy atom. The summed E-state index contributed by atoms with van der Waals surface area (Å²) >= 11 is 6.38. The van der Waals surface area contributed by atoms with E-state index in [1.807, 2.05) is 29.0 Å². The highest BCUT2D eigenvalue weighted by atomic mass is 35.5. The summed E-state index contributed by atoms with van der Waals surface area (Å²) in [5.74, 6) is 1.14. The summed E-state index contributed by atoms with van der Waals surface area (Å²) < 4.78 is 28.8. The number of aromatic nitrogens is 2. The van der Waals surface area contributed by atoms with Crippen molar-refractivity contribution in [2.24, 2.45) is 5.92 Å². The number of ether oxygens (including phenoxy) is 2. The van der Waals surface area contributed by atoms with Crippen LogP contribution in [-0.2, 0) is 13.2 Å². The lowest BCUT2D eigenvalue weighted by Gasteiger charge is -2.25. The van der Waals surface area contributed by atoms with Gasteiger partial charge in [-0.3, -0.25) is 9.58 Å². The van der Waals surface area contributed by atoms with Crippen molar-refractivity contribution in [3.8, 4) is 11.5 Å². The molecule has 0 amide bonds. The van der Waals surface area contributed by atoms with E-state index < -0.39 is 0 Å². The highest BCUT2D eigenvalue weighted by Crippen LogP contribution is 2.34. The van der Waals surface area contributed by atoms with Gasteiger partial charge in [0.05, 0.1) is 11.1 Å². The molecule has 0 atom stereocenters. The Bertz CT molecular complexity index is 1230. The molecule has 0 saturated carbocycles. The molecule has 0 N–H and O–H groups in total. The van der Waals surface area contributed by atoms with Crippen molar-refractivity contribution in [3.05, 3.63) is 58.0 Å². The Labute approximate surface area is 211 Å². The van der Waals surface area contributed by atoms with Crippen molar-refractivity contribution in [3.63, 3.8) is 0 Å². The van der Waals surface area contributed by atoms with Crippen LogP contribution in [0.1, 0.15) is 50.7 Å². The summed E-state index contributed by atoms with van der Waals surface area (Å²) in [5, 5.41) is 5.85. The van der Waals surface area contributed by atoms with Gasteiger partial charge in [0.25, 0.3) is 0 Å². The fourth-order valence-electron chi connectivity index (χ4n) is 4.93. The average molecular weight is 498 g/mol. The maximum absolute atomic E-state index is 15.0. The average Bonchev–Trinajstić information content (AvgIpc) is 2.99. The second kappa shape index (κ2) is 10.6. The van der Waals surface area contributed by atoms with E-state index in [-0.39, 0.29) is 5.82 Å². The first-order valence-electron chi connectivity index (χ1n) is 12.6. The number of hydrogen-bond donors (Lipinski definition) is 0. The van der Waals surface area contributed by atoms with E-state index in [4.69, 9.17) is 21.1 Å². The quantitative estimate of drug-likeness (QED) is 0.363. The fourth-order valence-corrected chi connectivity index (χ4v) is 5.17. The van der Waals surface area contributed by atoms with Crippen molar-refractivity contribution < 1.29 is 13.9 Å². The molecule has 0 spiro atoms. The zero-order valence-corrected chi connectivity index (χ0v) is 21.3. The first-order valence-corrected chi connectivity index (χ1v) is 13.0. The molecule has 3 aromatic rings. The molecule has 5 rings (SSSR count). The van der Waals surface area contributed by atoms with E-state index >= 15 is 0 Å². The van der Waals surface area contributed by atoms with Crippen LogP contribution in [0.15, 0.2) is 35.9 Å². The predicted molar refractivity (Wildman–Crippen MR) is 139 cm³/mol. The van der Waals surface area contributed by atoms with Crippen molar-refractivity contribution in [2.75, 3.05) is 26.2 Å². The molecule has 186 valence electrons. The summed E-state index contributed by atoms with van der Waals surface area (Å²) in [4.78, 5) is 2.46. The number of nitrogens with zero attached hydrogens (tertiary/aromatic N) is 3. The molecule has 3 heterocycles. The van der Waals surface area contributed by atoms with Gasteiger partial charge < -0.3 is 9.47 Å². The second-order valence-electron chi connectivity index (χ2n) is 10.1. The zero-order valence-electron chi connectivity index (χ0n) is 20.5. The van der Waals surface area contributed by atoms with Crippen LogP contribution in [0.3, 0.4) is 0 Å². The molecular formula is C28H33ClFN3O2. The molecule has 1 fully saturated rings. The maximum Gasteiger partial charge on any atom is 0.158 e. The Kier molecular flexibility index (Phi) is 7.30. The number of benzene rings is 2. The Hall–Kier alpha value is -2.57. The first-order chi connectivity index (χ1) is 17.0. The van der Waals surface area contributed by atoms with Gasteiger partial charge in [-0.15, -0.1) is 0 Å². The first kappa shape index (κ1) is 24.1.